The fraction of sp³-hybridized carbons (Fsp3) is 0.875. The van der Waals surface area contributed by atoms with Crippen molar-refractivity contribution in [1.82, 2.24) is 10.6 Å². The lowest BCUT2D eigenvalue weighted by atomic mass is 10.2. The van der Waals surface area contributed by atoms with Crippen LogP contribution in [0, 0.1) is 5.92 Å². The first-order chi connectivity index (χ1) is 6.38. The first-order valence-corrected chi connectivity index (χ1v) is 4.37. The molecule has 0 bridgehead atoms. The molecule has 1 saturated heterocycles. The molecule has 1 unspecified atom stereocenters. The Morgan fingerprint density at radius 2 is 2.07 bits per heavy atom. The first-order valence-electron chi connectivity index (χ1n) is 4.37. The fourth-order valence-electron chi connectivity index (χ4n) is 0.941. The summed E-state index contributed by atoms with van der Waals surface area (Å²) < 4.78 is 33.1. The van der Waals surface area contributed by atoms with E-state index in [-0.39, 0.29) is 0 Å². The van der Waals surface area contributed by atoms with Crippen molar-refractivity contribution in [1.29, 1.82) is 0 Å². The average molecular weight is 212 g/mol. The number of amides is 1. The zero-order valence-electron chi connectivity index (χ0n) is 8.24. The van der Waals surface area contributed by atoms with Crippen LogP contribution < -0.4 is 10.6 Å². The van der Waals surface area contributed by atoms with E-state index in [1.54, 1.807) is 0 Å². The Labute approximate surface area is 81.1 Å². The van der Waals surface area contributed by atoms with E-state index < -0.39 is 12.1 Å². The first kappa shape index (κ1) is 13.2. The van der Waals surface area contributed by atoms with Gasteiger partial charge in [0.1, 0.15) is 0 Å². The van der Waals surface area contributed by atoms with Crippen LogP contribution in [0.25, 0.3) is 0 Å². The SMILES string of the molecule is CC1CCNC1.CNC(=O)C(F)(F)F. The zero-order chi connectivity index (χ0) is 11.2. The number of halogens is 3. The van der Waals surface area contributed by atoms with Gasteiger partial charge in [0, 0.05) is 7.05 Å². The van der Waals surface area contributed by atoms with Crippen LogP contribution in [0.4, 0.5) is 13.2 Å². The summed E-state index contributed by atoms with van der Waals surface area (Å²) in [6.07, 6.45) is -3.37. The van der Waals surface area contributed by atoms with Gasteiger partial charge >= 0.3 is 12.1 Å². The summed E-state index contributed by atoms with van der Waals surface area (Å²) in [5, 5.41) is 4.71. The molecular weight excluding hydrogens is 197 g/mol. The summed E-state index contributed by atoms with van der Waals surface area (Å²) in [6.45, 7) is 4.75. The zero-order valence-corrected chi connectivity index (χ0v) is 8.24. The molecule has 1 atom stereocenters. The highest BCUT2D eigenvalue weighted by Crippen LogP contribution is 2.13. The van der Waals surface area contributed by atoms with Crippen molar-refractivity contribution in [2.45, 2.75) is 19.5 Å². The van der Waals surface area contributed by atoms with Crippen LogP contribution in [0.1, 0.15) is 13.3 Å². The van der Waals surface area contributed by atoms with Crippen LogP contribution in [0.2, 0.25) is 0 Å². The molecule has 1 rings (SSSR count). The van der Waals surface area contributed by atoms with E-state index >= 15 is 0 Å². The Morgan fingerprint density at radius 3 is 2.14 bits per heavy atom. The van der Waals surface area contributed by atoms with Gasteiger partial charge in [0.25, 0.3) is 0 Å². The third-order valence-electron chi connectivity index (χ3n) is 1.79. The minimum absolute atomic E-state index is 0.926. The minimum atomic E-state index is -4.74. The highest BCUT2D eigenvalue weighted by atomic mass is 19.4. The Balaban J connectivity index is 0.000000249. The highest BCUT2D eigenvalue weighted by molar-refractivity contribution is 5.81. The lowest BCUT2D eigenvalue weighted by molar-refractivity contribution is -0.172. The summed E-state index contributed by atoms with van der Waals surface area (Å²) >= 11 is 0. The van der Waals surface area contributed by atoms with Crippen LogP contribution >= 0.6 is 0 Å². The molecule has 0 radical (unpaired) electrons. The smallest absolute Gasteiger partial charge is 0.351 e. The second-order valence-electron chi connectivity index (χ2n) is 3.17. The van der Waals surface area contributed by atoms with Crippen molar-refractivity contribution in [3.8, 4) is 0 Å². The van der Waals surface area contributed by atoms with E-state index in [1.807, 2.05) is 0 Å². The standard InChI is InChI=1S/C5H11N.C3H4F3NO/c1-5-2-3-6-4-5;1-7-2(8)3(4,5)6/h5-6H,2-4H2,1H3;1H3,(H,7,8). The van der Waals surface area contributed by atoms with Gasteiger partial charge in [-0.05, 0) is 25.4 Å². The molecule has 1 aliphatic rings. The van der Waals surface area contributed by atoms with Crippen LogP contribution in [-0.4, -0.2) is 32.2 Å². The monoisotopic (exact) mass is 212 g/mol. The van der Waals surface area contributed by atoms with E-state index in [9.17, 15) is 18.0 Å². The Hall–Kier alpha value is -0.780. The van der Waals surface area contributed by atoms with E-state index in [0.717, 1.165) is 13.0 Å². The molecule has 2 N–H and O–H groups in total. The summed E-state index contributed by atoms with van der Waals surface area (Å²) in [4.78, 5) is 9.60. The molecule has 1 fully saturated rings. The molecular formula is C8H15F3N2O. The maximum Gasteiger partial charge on any atom is 0.471 e. The molecule has 0 aromatic carbocycles. The van der Waals surface area contributed by atoms with Crippen LogP contribution in [0.5, 0.6) is 0 Å². The van der Waals surface area contributed by atoms with Gasteiger partial charge in [0.2, 0.25) is 0 Å². The number of carbonyl (C=O) groups excluding carboxylic acids is 1. The maximum absolute atomic E-state index is 11.0. The van der Waals surface area contributed by atoms with Crippen molar-refractivity contribution in [2.75, 3.05) is 20.1 Å². The normalized spacial score (nSPS) is 21.1. The molecule has 0 aliphatic carbocycles. The Morgan fingerprint density at radius 1 is 1.50 bits per heavy atom. The lowest BCUT2D eigenvalue weighted by Gasteiger charge is -2.00. The topological polar surface area (TPSA) is 41.1 Å². The molecule has 0 aromatic heterocycles. The molecule has 1 heterocycles. The van der Waals surface area contributed by atoms with Gasteiger partial charge in [-0.15, -0.1) is 0 Å². The van der Waals surface area contributed by atoms with Crippen LogP contribution in [0.15, 0.2) is 0 Å². The third kappa shape index (κ3) is 5.80. The molecule has 14 heavy (non-hydrogen) atoms. The number of alkyl halides is 3. The number of hydrogen-bond donors (Lipinski definition) is 2. The summed E-state index contributed by atoms with van der Waals surface area (Å²) in [5.74, 6) is -0.984. The molecule has 3 nitrogen and oxygen atoms in total. The summed E-state index contributed by atoms with van der Waals surface area (Å²) in [5.41, 5.74) is 0. The summed E-state index contributed by atoms with van der Waals surface area (Å²) in [6, 6.07) is 0. The van der Waals surface area contributed by atoms with Gasteiger partial charge in [0.15, 0.2) is 0 Å². The van der Waals surface area contributed by atoms with Crippen molar-refractivity contribution < 1.29 is 18.0 Å². The quantitative estimate of drug-likeness (QED) is 0.626. The maximum atomic E-state index is 11.0. The van der Waals surface area contributed by atoms with Crippen LogP contribution in [0.3, 0.4) is 0 Å². The second-order valence-corrected chi connectivity index (χ2v) is 3.17. The average Bonchev–Trinajstić information content (AvgIpc) is 2.54. The molecule has 84 valence electrons. The molecule has 0 spiro atoms. The Bertz CT molecular complexity index is 176. The van der Waals surface area contributed by atoms with E-state index in [0.29, 0.717) is 0 Å². The predicted molar refractivity (Wildman–Crippen MR) is 46.8 cm³/mol. The van der Waals surface area contributed by atoms with E-state index in [4.69, 9.17) is 0 Å². The largest absolute Gasteiger partial charge is 0.471 e. The Kier molecular flexibility index (Phi) is 5.52. The van der Waals surface area contributed by atoms with E-state index in [2.05, 4.69) is 12.2 Å². The van der Waals surface area contributed by atoms with Gasteiger partial charge in [-0.2, -0.15) is 13.2 Å². The number of nitrogens with one attached hydrogen (secondary N) is 2. The second kappa shape index (κ2) is 5.85. The van der Waals surface area contributed by atoms with Gasteiger partial charge in [0.05, 0.1) is 0 Å². The van der Waals surface area contributed by atoms with Gasteiger partial charge in [-0.1, -0.05) is 6.92 Å². The third-order valence-corrected chi connectivity index (χ3v) is 1.79. The predicted octanol–water partition coefficient (Wildman–Crippen LogP) is 0.910. The van der Waals surface area contributed by atoms with E-state index in [1.165, 1.54) is 24.8 Å². The van der Waals surface area contributed by atoms with Gasteiger partial charge < -0.3 is 10.6 Å². The molecule has 6 heteroatoms. The fourth-order valence-corrected chi connectivity index (χ4v) is 0.941. The molecule has 1 aliphatic heterocycles. The van der Waals surface area contributed by atoms with Crippen molar-refractivity contribution in [3.05, 3.63) is 0 Å². The number of hydrogen-bond acceptors (Lipinski definition) is 2. The van der Waals surface area contributed by atoms with Gasteiger partial charge in [-0.25, -0.2) is 0 Å². The van der Waals surface area contributed by atoms with Crippen molar-refractivity contribution in [3.63, 3.8) is 0 Å². The van der Waals surface area contributed by atoms with Crippen molar-refractivity contribution >= 4 is 5.91 Å². The highest BCUT2D eigenvalue weighted by Gasteiger charge is 2.37. The van der Waals surface area contributed by atoms with Crippen LogP contribution in [-0.2, 0) is 4.79 Å². The number of rotatable bonds is 0. The summed E-state index contributed by atoms with van der Waals surface area (Å²) in [7, 11) is 0.926. The number of carbonyl (C=O) groups is 1. The van der Waals surface area contributed by atoms with Gasteiger partial charge in [-0.3, -0.25) is 4.79 Å². The molecule has 1 amide bonds. The lowest BCUT2D eigenvalue weighted by Crippen LogP contribution is -2.33. The minimum Gasteiger partial charge on any atom is -0.351 e. The van der Waals surface area contributed by atoms with Crippen molar-refractivity contribution in [2.24, 2.45) is 5.92 Å². The molecule has 0 saturated carbocycles. The molecule has 0 aromatic rings.